The molecule has 0 saturated carbocycles. The average Bonchev–Trinajstić information content (AvgIpc) is 2.74. The van der Waals surface area contributed by atoms with Gasteiger partial charge in [-0.05, 0) is 0 Å². The zero-order valence-corrected chi connectivity index (χ0v) is 8.90. The first-order chi connectivity index (χ1) is 5.95. The average molecular weight is 200 g/mol. The SMILES string of the molecule is c1coc(P[PH3]c2ccco2)c1. The molecule has 1 unspecified atom stereocenters. The van der Waals surface area contributed by atoms with E-state index in [-0.39, 0.29) is 8.27 Å². The Morgan fingerprint density at radius 1 is 1.08 bits per heavy atom. The Hall–Kier alpha value is -0.580. The van der Waals surface area contributed by atoms with E-state index < -0.39 is 0 Å². The van der Waals surface area contributed by atoms with E-state index >= 15 is 0 Å². The van der Waals surface area contributed by atoms with E-state index in [0.717, 1.165) is 19.3 Å². The van der Waals surface area contributed by atoms with Crippen LogP contribution in [0.1, 0.15) is 0 Å². The molecule has 0 aliphatic carbocycles. The summed E-state index contributed by atoms with van der Waals surface area (Å²) in [4.78, 5) is 0. The summed E-state index contributed by atoms with van der Waals surface area (Å²) in [5, 5.41) is 0. The van der Waals surface area contributed by atoms with Crippen molar-refractivity contribution in [2.45, 2.75) is 0 Å². The summed E-state index contributed by atoms with van der Waals surface area (Å²) in [5.41, 5.74) is 2.25. The first kappa shape index (κ1) is 8.04. The van der Waals surface area contributed by atoms with Gasteiger partial charge in [-0.3, -0.25) is 0 Å². The fourth-order valence-corrected chi connectivity index (χ4v) is 4.37. The van der Waals surface area contributed by atoms with E-state index in [2.05, 4.69) is 0 Å². The molecule has 0 fully saturated rings. The Labute approximate surface area is 73.8 Å². The van der Waals surface area contributed by atoms with Crippen LogP contribution in [-0.2, 0) is 0 Å². The minimum absolute atomic E-state index is 0.271. The van der Waals surface area contributed by atoms with Crippen LogP contribution < -0.4 is 11.0 Å². The second-order valence-electron chi connectivity index (χ2n) is 2.41. The third kappa shape index (κ3) is 1.97. The molecule has 1 atom stereocenters. The van der Waals surface area contributed by atoms with Gasteiger partial charge in [-0.15, -0.1) is 0 Å². The van der Waals surface area contributed by atoms with Gasteiger partial charge in [0.15, 0.2) is 0 Å². The summed E-state index contributed by atoms with van der Waals surface area (Å²) >= 11 is 0. The molecule has 12 heavy (non-hydrogen) atoms. The van der Waals surface area contributed by atoms with E-state index in [0.29, 0.717) is 0 Å². The standard InChI is InChI=1S/C8H10O2P2/c1-3-7(9-5-1)11-12-8-4-2-6-10-8/h1-6,11H,12H3. The summed E-state index contributed by atoms with van der Waals surface area (Å²) < 4.78 is 10.5. The number of hydrogen-bond donors (Lipinski definition) is 0. The molecule has 0 saturated heterocycles. The van der Waals surface area contributed by atoms with Crippen LogP contribution in [0.2, 0.25) is 0 Å². The quantitative estimate of drug-likeness (QED) is 0.703. The Balaban J connectivity index is 1.91. The second-order valence-corrected chi connectivity index (χ2v) is 6.43. The normalized spacial score (nSPS) is 11.7. The molecule has 0 spiro atoms. The predicted octanol–water partition coefficient (Wildman–Crippen LogP) is 1.56. The van der Waals surface area contributed by atoms with Gasteiger partial charge in [-0.25, -0.2) is 0 Å². The van der Waals surface area contributed by atoms with Crippen LogP contribution in [-0.4, -0.2) is 0 Å². The van der Waals surface area contributed by atoms with Crippen molar-refractivity contribution in [2.75, 3.05) is 0 Å². The molecule has 0 bridgehead atoms. The van der Waals surface area contributed by atoms with Gasteiger partial charge in [-0.1, -0.05) is 0 Å². The first-order valence-electron chi connectivity index (χ1n) is 3.75. The van der Waals surface area contributed by atoms with Crippen molar-refractivity contribution in [2.24, 2.45) is 0 Å². The molecule has 0 N–H and O–H groups in total. The third-order valence-electron chi connectivity index (χ3n) is 1.54. The summed E-state index contributed by atoms with van der Waals surface area (Å²) in [6, 6.07) is 7.93. The van der Waals surface area contributed by atoms with Crippen molar-refractivity contribution in [1.82, 2.24) is 0 Å². The van der Waals surface area contributed by atoms with Crippen LogP contribution in [0, 0.1) is 0 Å². The molecule has 2 aromatic heterocycles. The van der Waals surface area contributed by atoms with Crippen LogP contribution in [0.3, 0.4) is 0 Å². The zero-order valence-electron chi connectivity index (χ0n) is 6.49. The van der Waals surface area contributed by atoms with E-state index in [1.54, 1.807) is 12.5 Å². The maximum atomic E-state index is 5.26. The van der Waals surface area contributed by atoms with E-state index in [1.165, 1.54) is 0 Å². The molecular weight excluding hydrogens is 190 g/mol. The van der Waals surface area contributed by atoms with Gasteiger partial charge >= 0.3 is 73.2 Å². The summed E-state index contributed by atoms with van der Waals surface area (Å²) in [6.07, 6.45) is 3.45. The van der Waals surface area contributed by atoms with Gasteiger partial charge in [0, 0.05) is 0 Å². The molecule has 4 heteroatoms. The second kappa shape index (κ2) is 3.89. The molecule has 2 nitrogen and oxygen atoms in total. The van der Waals surface area contributed by atoms with Crippen molar-refractivity contribution >= 4 is 27.5 Å². The molecule has 0 aromatic carbocycles. The van der Waals surface area contributed by atoms with Crippen LogP contribution in [0.15, 0.2) is 45.6 Å². The van der Waals surface area contributed by atoms with Crippen molar-refractivity contribution in [1.29, 1.82) is 0 Å². The third-order valence-corrected chi connectivity index (χ3v) is 5.72. The molecule has 0 radical (unpaired) electrons. The summed E-state index contributed by atoms with van der Waals surface area (Å²) in [7, 11) is 0.531. The van der Waals surface area contributed by atoms with E-state index in [1.807, 2.05) is 24.3 Å². The molecule has 2 rings (SSSR count). The summed E-state index contributed by atoms with van der Waals surface area (Å²) in [6.45, 7) is 0. The summed E-state index contributed by atoms with van der Waals surface area (Å²) in [5.74, 6) is 0. The van der Waals surface area contributed by atoms with Crippen molar-refractivity contribution in [3.63, 3.8) is 0 Å². The monoisotopic (exact) mass is 200 g/mol. The zero-order chi connectivity index (χ0) is 8.23. The Morgan fingerprint density at radius 2 is 1.92 bits per heavy atom. The molecule has 0 aliphatic rings. The molecular formula is C8H10O2P2. The van der Waals surface area contributed by atoms with E-state index in [9.17, 15) is 0 Å². The number of hydrogen-bond acceptors (Lipinski definition) is 2. The minimum atomic E-state index is -0.271. The molecule has 64 valence electrons. The molecule has 2 aromatic rings. The van der Waals surface area contributed by atoms with Gasteiger partial charge in [0.05, 0.1) is 0 Å². The van der Waals surface area contributed by atoms with Crippen LogP contribution >= 0.6 is 16.5 Å². The topological polar surface area (TPSA) is 26.3 Å². The van der Waals surface area contributed by atoms with Gasteiger partial charge in [0.2, 0.25) is 0 Å². The van der Waals surface area contributed by atoms with Gasteiger partial charge in [0.1, 0.15) is 0 Å². The molecule has 0 amide bonds. The van der Waals surface area contributed by atoms with Crippen molar-refractivity contribution in [3.8, 4) is 0 Å². The van der Waals surface area contributed by atoms with Gasteiger partial charge < -0.3 is 0 Å². The Morgan fingerprint density at radius 3 is 2.58 bits per heavy atom. The van der Waals surface area contributed by atoms with Crippen molar-refractivity contribution < 1.29 is 8.83 Å². The van der Waals surface area contributed by atoms with Gasteiger partial charge in [0.25, 0.3) is 0 Å². The molecule has 0 aliphatic heterocycles. The number of furan rings is 2. The van der Waals surface area contributed by atoms with Crippen LogP contribution in [0.5, 0.6) is 0 Å². The molecule has 2 heterocycles. The van der Waals surface area contributed by atoms with Crippen molar-refractivity contribution in [3.05, 3.63) is 36.8 Å². The van der Waals surface area contributed by atoms with E-state index in [4.69, 9.17) is 8.83 Å². The Kier molecular flexibility index (Phi) is 2.60. The fraction of sp³-hybridized carbons (Fsp3) is 0. The van der Waals surface area contributed by atoms with Crippen LogP contribution in [0.25, 0.3) is 0 Å². The maximum absolute atomic E-state index is 5.26. The fourth-order valence-electron chi connectivity index (χ4n) is 0.967. The number of rotatable bonds is 3. The predicted molar refractivity (Wildman–Crippen MR) is 56.1 cm³/mol. The van der Waals surface area contributed by atoms with Crippen LogP contribution in [0.4, 0.5) is 0 Å². The van der Waals surface area contributed by atoms with Gasteiger partial charge in [-0.2, -0.15) is 0 Å². The first-order valence-corrected chi connectivity index (χ1v) is 7.78. The Bertz CT molecular complexity index is 278.